The first kappa shape index (κ1) is 16.5. The van der Waals surface area contributed by atoms with Gasteiger partial charge in [-0.1, -0.05) is 22.9 Å². The molecule has 0 aliphatic rings. The second-order valence-corrected chi connectivity index (χ2v) is 5.09. The van der Waals surface area contributed by atoms with Gasteiger partial charge < -0.3 is 14.3 Å². The number of carbonyl (C=O) groups excluding carboxylic acids is 1. The molecule has 0 N–H and O–H groups in total. The lowest BCUT2D eigenvalue weighted by Crippen LogP contribution is -2.05. The van der Waals surface area contributed by atoms with Crippen molar-refractivity contribution in [2.45, 2.75) is 20.8 Å². The van der Waals surface area contributed by atoms with E-state index in [1.54, 1.807) is 12.3 Å². The number of benzene rings is 2. The van der Waals surface area contributed by atoms with Crippen molar-refractivity contribution in [2.75, 3.05) is 7.11 Å². The molecule has 0 heterocycles. The number of ether oxygens (including phenoxy) is 2. The Labute approximate surface area is 135 Å². The van der Waals surface area contributed by atoms with Crippen LogP contribution in [0, 0.1) is 13.8 Å². The molecular formula is C18H19NO4. The summed E-state index contributed by atoms with van der Waals surface area (Å²) in [5.41, 5.74) is 2.68. The fraction of sp³-hybridized carbons (Fsp3) is 0.222. The first-order valence-electron chi connectivity index (χ1n) is 7.13. The Morgan fingerprint density at radius 3 is 2.43 bits per heavy atom. The van der Waals surface area contributed by atoms with Crippen molar-refractivity contribution >= 4 is 12.2 Å². The second kappa shape index (κ2) is 7.45. The highest BCUT2D eigenvalue weighted by molar-refractivity contribution is 5.82. The highest BCUT2D eigenvalue weighted by Crippen LogP contribution is 2.35. The van der Waals surface area contributed by atoms with Crippen LogP contribution in [0.15, 0.2) is 41.6 Å². The molecule has 2 aromatic rings. The van der Waals surface area contributed by atoms with Crippen LogP contribution in [0.25, 0.3) is 0 Å². The highest BCUT2D eigenvalue weighted by atomic mass is 16.6. The molecule has 0 saturated carbocycles. The molecule has 0 radical (unpaired) electrons. The molecular weight excluding hydrogens is 294 g/mol. The Kier molecular flexibility index (Phi) is 5.36. The van der Waals surface area contributed by atoms with Gasteiger partial charge in [-0.15, -0.1) is 0 Å². The predicted octanol–water partition coefficient (Wildman–Crippen LogP) is 4.00. The third kappa shape index (κ3) is 4.57. The van der Waals surface area contributed by atoms with E-state index in [-0.39, 0.29) is 0 Å². The van der Waals surface area contributed by atoms with E-state index in [2.05, 4.69) is 5.16 Å². The molecule has 0 spiro atoms. The molecule has 0 amide bonds. The van der Waals surface area contributed by atoms with Crippen molar-refractivity contribution in [1.29, 1.82) is 0 Å². The van der Waals surface area contributed by atoms with Crippen molar-refractivity contribution in [2.24, 2.45) is 5.16 Å². The third-order valence-electron chi connectivity index (χ3n) is 3.06. The van der Waals surface area contributed by atoms with Crippen molar-refractivity contribution < 1.29 is 19.1 Å². The lowest BCUT2D eigenvalue weighted by Gasteiger charge is -2.14. The maximum atomic E-state index is 11.3. The highest BCUT2D eigenvalue weighted by Gasteiger charge is 2.14. The van der Waals surface area contributed by atoms with Crippen molar-refractivity contribution in [1.82, 2.24) is 0 Å². The van der Waals surface area contributed by atoms with E-state index >= 15 is 0 Å². The van der Waals surface area contributed by atoms with Gasteiger partial charge in [-0.3, -0.25) is 4.79 Å². The fourth-order valence-electron chi connectivity index (χ4n) is 2.04. The second-order valence-electron chi connectivity index (χ2n) is 5.09. The zero-order valence-corrected chi connectivity index (χ0v) is 13.6. The maximum Gasteiger partial charge on any atom is 0.308 e. The van der Waals surface area contributed by atoms with E-state index in [1.165, 1.54) is 14.0 Å². The third-order valence-corrected chi connectivity index (χ3v) is 3.06. The SMILES string of the molecule is CON=Cc1cc(C)c(OC(C)=O)c(Oc2ccc(C)cc2)c1. The predicted molar refractivity (Wildman–Crippen MR) is 88.3 cm³/mol. The molecule has 0 aliphatic heterocycles. The maximum absolute atomic E-state index is 11.3. The minimum Gasteiger partial charge on any atom is -0.453 e. The molecule has 0 saturated heterocycles. The number of esters is 1. The average molecular weight is 313 g/mol. The molecule has 5 heteroatoms. The summed E-state index contributed by atoms with van der Waals surface area (Å²) in [5, 5.41) is 3.75. The Balaban J connectivity index is 2.43. The fourth-order valence-corrected chi connectivity index (χ4v) is 2.04. The molecule has 0 fully saturated rings. The summed E-state index contributed by atoms with van der Waals surface area (Å²) < 4.78 is 11.2. The minimum atomic E-state index is -0.403. The van der Waals surface area contributed by atoms with Crippen LogP contribution in [0.2, 0.25) is 0 Å². The monoisotopic (exact) mass is 313 g/mol. The molecule has 0 aromatic heterocycles. The zero-order chi connectivity index (χ0) is 16.8. The number of hydrogen-bond donors (Lipinski definition) is 0. The van der Waals surface area contributed by atoms with E-state index in [9.17, 15) is 4.79 Å². The normalized spacial score (nSPS) is 10.6. The molecule has 0 bridgehead atoms. The van der Waals surface area contributed by atoms with Gasteiger partial charge in [-0.2, -0.15) is 0 Å². The van der Waals surface area contributed by atoms with Gasteiger partial charge in [-0.25, -0.2) is 0 Å². The summed E-state index contributed by atoms with van der Waals surface area (Å²) in [5.74, 6) is 1.10. The quantitative estimate of drug-likeness (QED) is 0.362. The largest absolute Gasteiger partial charge is 0.453 e. The summed E-state index contributed by atoms with van der Waals surface area (Å²) in [6.45, 7) is 5.19. The van der Waals surface area contributed by atoms with E-state index in [0.29, 0.717) is 17.2 Å². The molecule has 0 unspecified atom stereocenters. The van der Waals surface area contributed by atoms with Crippen LogP contribution in [-0.4, -0.2) is 19.3 Å². The summed E-state index contributed by atoms with van der Waals surface area (Å²) >= 11 is 0. The molecule has 2 aromatic carbocycles. The van der Waals surface area contributed by atoms with Crippen LogP contribution in [-0.2, 0) is 9.63 Å². The summed E-state index contributed by atoms with van der Waals surface area (Å²) in [6, 6.07) is 11.2. The van der Waals surface area contributed by atoms with Crippen LogP contribution < -0.4 is 9.47 Å². The first-order valence-corrected chi connectivity index (χ1v) is 7.13. The Morgan fingerprint density at radius 1 is 1.13 bits per heavy atom. The van der Waals surface area contributed by atoms with Crippen LogP contribution >= 0.6 is 0 Å². The molecule has 5 nitrogen and oxygen atoms in total. The average Bonchev–Trinajstić information content (AvgIpc) is 2.50. The molecule has 2 rings (SSSR count). The molecule has 0 aliphatic carbocycles. The number of oxime groups is 1. The summed E-state index contributed by atoms with van der Waals surface area (Å²) in [6.07, 6.45) is 1.56. The van der Waals surface area contributed by atoms with Gasteiger partial charge in [0.1, 0.15) is 12.9 Å². The molecule has 0 atom stereocenters. The van der Waals surface area contributed by atoms with E-state index in [0.717, 1.165) is 16.7 Å². The number of aryl methyl sites for hydroxylation is 2. The van der Waals surface area contributed by atoms with Crippen LogP contribution in [0.1, 0.15) is 23.6 Å². The van der Waals surface area contributed by atoms with Crippen LogP contribution in [0.3, 0.4) is 0 Å². The van der Waals surface area contributed by atoms with E-state index in [4.69, 9.17) is 14.3 Å². The van der Waals surface area contributed by atoms with Crippen LogP contribution in [0.4, 0.5) is 0 Å². The number of nitrogens with zero attached hydrogens (tertiary/aromatic N) is 1. The van der Waals surface area contributed by atoms with Gasteiger partial charge in [0.05, 0.1) is 6.21 Å². The van der Waals surface area contributed by atoms with Gasteiger partial charge in [0.15, 0.2) is 11.5 Å². The number of rotatable bonds is 5. The van der Waals surface area contributed by atoms with Gasteiger partial charge in [0, 0.05) is 12.5 Å². The number of hydrogen-bond acceptors (Lipinski definition) is 5. The van der Waals surface area contributed by atoms with E-state index in [1.807, 2.05) is 44.2 Å². The Morgan fingerprint density at radius 2 is 1.83 bits per heavy atom. The summed E-state index contributed by atoms with van der Waals surface area (Å²) in [7, 11) is 1.47. The van der Waals surface area contributed by atoms with Gasteiger partial charge in [0.2, 0.25) is 0 Å². The smallest absolute Gasteiger partial charge is 0.308 e. The molecule has 23 heavy (non-hydrogen) atoms. The van der Waals surface area contributed by atoms with Crippen molar-refractivity contribution in [3.8, 4) is 17.2 Å². The lowest BCUT2D eigenvalue weighted by atomic mass is 10.1. The summed E-state index contributed by atoms with van der Waals surface area (Å²) in [4.78, 5) is 16.0. The van der Waals surface area contributed by atoms with Crippen LogP contribution in [0.5, 0.6) is 17.2 Å². The molecule has 120 valence electrons. The van der Waals surface area contributed by atoms with Crippen molar-refractivity contribution in [3.63, 3.8) is 0 Å². The van der Waals surface area contributed by atoms with Gasteiger partial charge >= 0.3 is 5.97 Å². The Hall–Kier alpha value is -2.82. The first-order chi connectivity index (χ1) is 11.0. The minimum absolute atomic E-state index is 0.396. The standard InChI is InChI=1S/C18H19NO4/c1-12-5-7-16(8-6-12)23-17-10-15(11-19-21-4)9-13(2)18(17)22-14(3)20/h5-11H,1-4H3. The van der Waals surface area contributed by atoms with Gasteiger partial charge in [-0.05, 0) is 43.7 Å². The zero-order valence-electron chi connectivity index (χ0n) is 13.6. The van der Waals surface area contributed by atoms with Crippen molar-refractivity contribution in [3.05, 3.63) is 53.1 Å². The number of carbonyl (C=O) groups is 1. The lowest BCUT2D eigenvalue weighted by molar-refractivity contribution is -0.132. The van der Waals surface area contributed by atoms with Gasteiger partial charge in [0.25, 0.3) is 0 Å². The Bertz CT molecular complexity index is 721. The topological polar surface area (TPSA) is 57.1 Å². The van der Waals surface area contributed by atoms with E-state index < -0.39 is 5.97 Å².